The lowest BCUT2D eigenvalue weighted by Gasteiger charge is -2.11. The summed E-state index contributed by atoms with van der Waals surface area (Å²) in [6.45, 7) is 3.64. The Morgan fingerprint density at radius 1 is 1.09 bits per heavy atom. The van der Waals surface area contributed by atoms with Crippen molar-refractivity contribution in [2.45, 2.75) is 20.1 Å². The van der Waals surface area contributed by atoms with Crippen LogP contribution in [0.4, 0.5) is 0 Å². The molecule has 0 spiro atoms. The number of ether oxygens (including phenoxy) is 2. The number of hydrogen-bond donors (Lipinski definition) is 1. The van der Waals surface area contributed by atoms with E-state index in [2.05, 4.69) is 21.2 Å². The molecule has 23 heavy (non-hydrogen) atoms. The number of amides is 1. The molecule has 5 heteroatoms. The Labute approximate surface area is 144 Å². The van der Waals surface area contributed by atoms with E-state index in [-0.39, 0.29) is 12.5 Å². The van der Waals surface area contributed by atoms with E-state index in [0.717, 1.165) is 15.6 Å². The van der Waals surface area contributed by atoms with E-state index in [4.69, 9.17) is 9.47 Å². The van der Waals surface area contributed by atoms with Crippen LogP contribution < -0.4 is 10.1 Å². The quantitative estimate of drug-likeness (QED) is 0.763. The van der Waals surface area contributed by atoms with Crippen LogP contribution in [0.2, 0.25) is 0 Å². The minimum atomic E-state index is -0.154. The first-order valence-electron chi connectivity index (χ1n) is 7.48. The van der Waals surface area contributed by atoms with Crippen LogP contribution in [0.5, 0.6) is 5.75 Å². The highest BCUT2D eigenvalue weighted by atomic mass is 79.9. The second-order valence-electron chi connectivity index (χ2n) is 4.93. The number of benzene rings is 2. The van der Waals surface area contributed by atoms with Gasteiger partial charge in [0.25, 0.3) is 5.91 Å². The van der Waals surface area contributed by atoms with Gasteiger partial charge in [-0.15, -0.1) is 0 Å². The van der Waals surface area contributed by atoms with Crippen molar-refractivity contribution < 1.29 is 14.3 Å². The molecule has 0 saturated carbocycles. The van der Waals surface area contributed by atoms with Crippen LogP contribution in [0.15, 0.2) is 53.0 Å². The summed E-state index contributed by atoms with van der Waals surface area (Å²) >= 11 is 3.36. The molecule has 2 aromatic carbocycles. The molecular weight excluding hydrogens is 358 g/mol. The maximum Gasteiger partial charge on any atom is 0.258 e. The third kappa shape index (κ3) is 6.04. The van der Waals surface area contributed by atoms with Gasteiger partial charge in [0.05, 0.1) is 6.61 Å². The maximum absolute atomic E-state index is 11.9. The Balaban J connectivity index is 1.81. The van der Waals surface area contributed by atoms with Crippen LogP contribution in [0.25, 0.3) is 0 Å². The fourth-order valence-electron chi connectivity index (χ4n) is 2.01. The van der Waals surface area contributed by atoms with Crippen molar-refractivity contribution in [1.82, 2.24) is 5.32 Å². The molecule has 0 bridgehead atoms. The van der Waals surface area contributed by atoms with Crippen LogP contribution in [0.3, 0.4) is 0 Å². The zero-order valence-electron chi connectivity index (χ0n) is 13.0. The molecule has 1 amide bonds. The number of carbonyl (C=O) groups excluding carboxylic acids is 1. The van der Waals surface area contributed by atoms with Gasteiger partial charge in [-0.3, -0.25) is 4.79 Å². The van der Waals surface area contributed by atoms with Gasteiger partial charge in [-0.25, -0.2) is 0 Å². The number of hydrogen-bond acceptors (Lipinski definition) is 3. The lowest BCUT2D eigenvalue weighted by atomic mass is 10.1. The van der Waals surface area contributed by atoms with Crippen LogP contribution in [0, 0.1) is 0 Å². The van der Waals surface area contributed by atoms with Gasteiger partial charge >= 0.3 is 0 Å². The van der Waals surface area contributed by atoms with Crippen molar-refractivity contribution in [1.29, 1.82) is 0 Å². The zero-order valence-corrected chi connectivity index (χ0v) is 14.6. The molecule has 4 nitrogen and oxygen atoms in total. The molecule has 0 aromatic heterocycles. The predicted octanol–water partition coefficient (Wildman–Crippen LogP) is 3.68. The van der Waals surface area contributed by atoms with Crippen molar-refractivity contribution >= 4 is 21.8 Å². The summed E-state index contributed by atoms with van der Waals surface area (Å²) in [5.74, 6) is 0.513. The van der Waals surface area contributed by atoms with Gasteiger partial charge in [0, 0.05) is 17.6 Å². The second kappa shape index (κ2) is 9.33. The Kier molecular flexibility index (Phi) is 7.10. The molecule has 1 N–H and O–H groups in total. The average Bonchev–Trinajstić information content (AvgIpc) is 2.58. The minimum absolute atomic E-state index is 0.00470. The summed E-state index contributed by atoms with van der Waals surface area (Å²) in [4.78, 5) is 11.9. The third-order valence-electron chi connectivity index (χ3n) is 3.24. The van der Waals surface area contributed by atoms with Crippen molar-refractivity contribution in [3.63, 3.8) is 0 Å². The van der Waals surface area contributed by atoms with E-state index in [1.54, 1.807) is 0 Å². The summed E-state index contributed by atoms with van der Waals surface area (Å²) < 4.78 is 11.9. The first-order chi connectivity index (χ1) is 11.2. The van der Waals surface area contributed by atoms with E-state index in [0.29, 0.717) is 25.5 Å². The van der Waals surface area contributed by atoms with Crippen molar-refractivity contribution in [3.8, 4) is 5.75 Å². The number of halogens is 1. The first kappa shape index (κ1) is 17.5. The summed E-state index contributed by atoms with van der Waals surface area (Å²) in [5.41, 5.74) is 2.14. The highest BCUT2D eigenvalue weighted by Crippen LogP contribution is 2.16. The number of rotatable bonds is 8. The fourth-order valence-corrected chi connectivity index (χ4v) is 2.27. The van der Waals surface area contributed by atoms with Gasteiger partial charge in [-0.05, 0) is 42.3 Å². The third-order valence-corrected chi connectivity index (χ3v) is 3.77. The number of carbonyl (C=O) groups is 1. The molecule has 122 valence electrons. The molecule has 0 aliphatic heterocycles. The summed E-state index contributed by atoms with van der Waals surface area (Å²) in [5, 5.41) is 2.87. The van der Waals surface area contributed by atoms with Crippen molar-refractivity contribution in [2.75, 3.05) is 13.2 Å². The Morgan fingerprint density at radius 2 is 1.78 bits per heavy atom. The standard InChI is InChI=1S/C18H20BrNO3/c1-2-22-12-15-6-4-3-5-14(15)11-20-18(21)13-23-17-9-7-16(19)8-10-17/h3-10H,2,11-13H2,1H3,(H,20,21). The molecule has 0 heterocycles. The van der Waals surface area contributed by atoms with Crippen LogP contribution in [-0.2, 0) is 22.7 Å². The van der Waals surface area contributed by atoms with E-state index < -0.39 is 0 Å². The summed E-state index contributed by atoms with van der Waals surface area (Å²) in [6.07, 6.45) is 0. The highest BCUT2D eigenvalue weighted by molar-refractivity contribution is 9.10. The lowest BCUT2D eigenvalue weighted by molar-refractivity contribution is -0.123. The smallest absolute Gasteiger partial charge is 0.258 e. The molecular formula is C18H20BrNO3. The monoisotopic (exact) mass is 377 g/mol. The van der Waals surface area contributed by atoms with E-state index >= 15 is 0 Å². The SMILES string of the molecule is CCOCc1ccccc1CNC(=O)COc1ccc(Br)cc1. The molecule has 2 aromatic rings. The average molecular weight is 378 g/mol. The lowest BCUT2D eigenvalue weighted by Crippen LogP contribution is -2.28. The second-order valence-corrected chi connectivity index (χ2v) is 5.84. The van der Waals surface area contributed by atoms with Crippen LogP contribution in [-0.4, -0.2) is 19.1 Å². The Morgan fingerprint density at radius 3 is 2.48 bits per heavy atom. The van der Waals surface area contributed by atoms with Gasteiger partial charge in [-0.1, -0.05) is 40.2 Å². The van der Waals surface area contributed by atoms with E-state index in [1.165, 1.54) is 0 Å². The topological polar surface area (TPSA) is 47.6 Å². The molecule has 0 unspecified atom stereocenters. The number of nitrogens with one attached hydrogen (secondary N) is 1. The summed E-state index contributed by atoms with van der Waals surface area (Å²) in [7, 11) is 0. The Bertz CT molecular complexity index is 628. The Hall–Kier alpha value is -1.85. The molecule has 0 radical (unpaired) electrons. The van der Waals surface area contributed by atoms with Crippen LogP contribution in [0.1, 0.15) is 18.1 Å². The minimum Gasteiger partial charge on any atom is -0.484 e. The summed E-state index contributed by atoms with van der Waals surface area (Å²) in [6, 6.07) is 15.3. The zero-order chi connectivity index (χ0) is 16.5. The molecule has 2 rings (SSSR count). The van der Waals surface area contributed by atoms with Gasteiger partial charge in [0.15, 0.2) is 6.61 Å². The molecule has 0 fully saturated rings. The maximum atomic E-state index is 11.9. The van der Waals surface area contributed by atoms with Crippen molar-refractivity contribution in [3.05, 3.63) is 64.1 Å². The largest absolute Gasteiger partial charge is 0.484 e. The normalized spacial score (nSPS) is 10.3. The molecule has 0 saturated heterocycles. The molecule has 0 aliphatic rings. The van der Waals surface area contributed by atoms with E-state index in [1.807, 2.05) is 55.5 Å². The highest BCUT2D eigenvalue weighted by Gasteiger charge is 2.06. The van der Waals surface area contributed by atoms with Gasteiger partial charge < -0.3 is 14.8 Å². The van der Waals surface area contributed by atoms with Gasteiger partial charge in [0.2, 0.25) is 0 Å². The molecule has 0 atom stereocenters. The van der Waals surface area contributed by atoms with E-state index in [9.17, 15) is 4.79 Å². The van der Waals surface area contributed by atoms with Gasteiger partial charge in [0.1, 0.15) is 5.75 Å². The van der Waals surface area contributed by atoms with Gasteiger partial charge in [-0.2, -0.15) is 0 Å². The molecule has 0 aliphatic carbocycles. The first-order valence-corrected chi connectivity index (χ1v) is 8.28. The predicted molar refractivity (Wildman–Crippen MR) is 93.3 cm³/mol. The van der Waals surface area contributed by atoms with Crippen LogP contribution >= 0.6 is 15.9 Å². The fraction of sp³-hybridized carbons (Fsp3) is 0.278. The van der Waals surface area contributed by atoms with Crippen molar-refractivity contribution in [2.24, 2.45) is 0 Å².